The number of oxazole rings is 1. The predicted octanol–water partition coefficient (Wildman–Crippen LogP) is 3.16. The van der Waals surface area contributed by atoms with Gasteiger partial charge in [0.15, 0.2) is 5.96 Å². The second kappa shape index (κ2) is 9.25. The van der Waals surface area contributed by atoms with Crippen molar-refractivity contribution in [2.75, 3.05) is 25.0 Å². The highest BCUT2D eigenvalue weighted by Crippen LogP contribution is 2.20. The van der Waals surface area contributed by atoms with Crippen LogP contribution in [-0.2, 0) is 6.54 Å². The molecule has 26 heavy (non-hydrogen) atoms. The van der Waals surface area contributed by atoms with E-state index in [0.717, 1.165) is 36.9 Å². The highest BCUT2D eigenvalue weighted by Gasteiger charge is 2.23. The van der Waals surface area contributed by atoms with Gasteiger partial charge >= 0.3 is 0 Å². The van der Waals surface area contributed by atoms with Crippen molar-refractivity contribution in [2.45, 2.75) is 39.8 Å². The smallest absolute Gasteiger partial charge is 0.214 e. The van der Waals surface area contributed by atoms with Crippen LogP contribution in [-0.4, -0.2) is 37.1 Å². The first-order valence-corrected chi connectivity index (χ1v) is 8.77. The lowest BCUT2D eigenvalue weighted by atomic mass is 10.2. The normalized spacial score (nSPS) is 17.2. The van der Waals surface area contributed by atoms with Crippen molar-refractivity contribution >= 4 is 35.6 Å². The van der Waals surface area contributed by atoms with Gasteiger partial charge in [-0.25, -0.2) is 4.98 Å². The highest BCUT2D eigenvalue weighted by atomic mass is 127. The lowest BCUT2D eigenvalue weighted by molar-refractivity contribution is 0.463. The molecule has 1 aliphatic heterocycles. The number of nitrogens with one attached hydrogen (secondary N) is 2. The van der Waals surface area contributed by atoms with E-state index in [1.54, 1.807) is 7.05 Å². The molecule has 0 saturated carbocycles. The summed E-state index contributed by atoms with van der Waals surface area (Å²) < 4.78 is 5.60. The molecular weight excluding hydrogens is 441 g/mol. The molecule has 1 saturated heterocycles. The maximum Gasteiger partial charge on any atom is 0.214 e. The summed E-state index contributed by atoms with van der Waals surface area (Å²) in [6.45, 7) is 8.55. The summed E-state index contributed by atoms with van der Waals surface area (Å²) in [5.41, 5.74) is 3.51. The second-order valence-corrected chi connectivity index (χ2v) is 6.59. The lowest BCUT2D eigenvalue weighted by Crippen LogP contribution is -2.44. The quantitative estimate of drug-likeness (QED) is 0.409. The highest BCUT2D eigenvalue weighted by molar-refractivity contribution is 14.0. The number of hydrogen-bond donors (Lipinski definition) is 2. The number of hydrogen-bond acceptors (Lipinski definition) is 4. The van der Waals surface area contributed by atoms with Crippen LogP contribution in [0.2, 0.25) is 0 Å². The monoisotopic (exact) mass is 469 g/mol. The standard InChI is InChI=1S/C19H27N5O.HI/c1-13-5-7-17(8-6-13)24-10-9-16(12-24)23-19(20-4)21-11-18-22-14(2)15(3)25-18;/h5-8,16H,9-12H2,1-4H3,(H2,20,21,23);1H. The van der Waals surface area contributed by atoms with Crippen LogP contribution in [0.25, 0.3) is 0 Å². The molecule has 6 nitrogen and oxygen atoms in total. The molecule has 1 unspecified atom stereocenters. The topological polar surface area (TPSA) is 65.7 Å². The molecule has 0 amide bonds. The first kappa shape index (κ1) is 20.5. The van der Waals surface area contributed by atoms with Crippen LogP contribution in [0, 0.1) is 20.8 Å². The van der Waals surface area contributed by atoms with Crippen LogP contribution >= 0.6 is 24.0 Å². The Hall–Kier alpha value is -1.77. The number of anilines is 1. The van der Waals surface area contributed by atoms with Gasteiger partial charge in [0.2, 0.25) is 5.89 Å². The molecule has 3 rings (SSSR count). The maximum atomic E-state index is 5.60. The molecular formula is C19H28IN5O. The van der Waals surface area contributed by atoms with E-state index in [0.29, 0.717) is 18.5 Å². The van der Waals surface area contributed by atoms with Crippen LogP contribution in [0.5, 0.6) is 0 Å². The maximum absolute atomic E-state index is 5.60. The van der Waals surface area contributed by atoms with Gasteiger partial charge in [0.25, 0.3) is 0 Å². The Bertz CT molecular complexity index is 721. The Morgan fingerprint density at radius 1 is 1.27 bits per heavy atom. The van der Waals surface area contributed by atoms with Crippen molar-refractivity contribution in [1.82, 2.24) is 15.6 Å². The van der Waals surface area contributed by atoms with Gasteiger partial charge in [-0.2, -0.15) is 0 Å². The molecule has 142 valence electrons. The summed E-state index contributed by atoms with van der Waals surface area (Å²) in [6, 6.07) is 9.09. The summed E-state index contributed by atoms with van der Waals surface area (Å²) in [7, 11) is 1.79. The fourth-order valence-electron chi connectivity index (χ4n) is 3.03. The van der Waals surface area contributed by atoms with Crippen LogP contribution in [0.4, 0.5) is 5.69 Å². The van der Waals surface area contributed by atoms with Crippen molar-refractivity contribution in [1.29, 1.82) is 0 Å². The number of benzene rings is 1. The molecule has 0 spiro atoms. The van der Waals surface area contributed by atoms with E-state index in [9.17, 15) is 0 Å². The zero-order valence-electron chi connectivity index (χ0n) is 15.9. The predicted molar refractivity (Wildman–Crippen MR) is 117 cm³/mol. The Morgan fingerprint density at radius 3 is 2.62 bits per heavy atom. The van der Waals surface area contributed by atoms with E-state index in [-0.39, 0.29) is 24.0 Å². The van der Waals surface area contributed by atoms with Crippen LogP contribution in [0.1, 0.15) is 29.3 Å². The third-order valence-electron chi connectivity index (χ3n) is 4.63. The average molecular weight is 469 g/mol. The van der Waals surface area contributed by atoms with Crippen molar-refractivity contribution < 1.29 is 4.42 Å². The number of aliphatic imine (C=N–C) groups is 1. The Labute approximate surface area is 172 Å². The Balaban J connectivity index is 0.00000243. The molecule has 2 N–H and O–H groups in total. The first-order chi connectivity index (χ1) is 12.0. The number of guanidine groups is 1. The van der Waals surface area contributed by atoms with Gasteiger partial charge in [-0.05, 0) is 39.3 Å². The Morgan fingerprint density at radius 2 is 2.00 bits per heavy atom. The molecule has 1 aromatic heterocycles. The minimum Gasteiger partial charge on any atom is -0.444 e. The fourth-order valence-corrected chi connectivity index (χ4v) is 3.03. The number of aromatic nitrogens is 1. The lowest BCUT2D eigenvalue weighted by Gasteiger charge is -2.20. The van der Waals surface area contributed by atoms with Crippen LogP contribution in [0.15, 0.2) is 33.7 Å². The summed E-state index contributed by atoms with van der Waals surface area (Å²) in [5, 5.41) is 6.78. The van der Waals surface area contributed by atoms with Gasteiger partial charge in [-0.3, -0.25) is 4.99 Å². The number of aryl methyl sites for hydroxylation is 3. The van der Waals surface area contributed by atoms with Gasteiger partial charge in [0, 0.05) is 31.9 Å². The molecule has 0 aliphatic carbocycles. The third-order valence-corrected chi connectivity index (χ3v) is 4.63. The molecule has 2 aromatic rings. The summed E-state index contributed by atoms with van der Waals surface area (Å²) in [4.78, 5) is 11.1. The molecule has 7 heteroatoms. The van der Waals surface area contributed by atoms with Gasteiger partial charge in [-0.1, -0.05) is 17.7 Å². The second-order valence-electron chi connectivity index (χ2n) is 6.59. The van der Waals surface area contributed by atoms with Gasteiger partial charge < -0.3 is 20.0 Å². The average Bonchev–Trinajstić information content (AvgIpc) is 3.19. The summed E-state index contributed by atoms with van der Waals surface area (Å²) in [5.74, 6) is 2.33. The van der Waals surface area contributed by atoms with Gasteiger partial charge in [0.05, 0.1) is 12.2 Å². The molecule has 0 bridgehead atoms. The van der Waals surface area contributed by atoms with Gasteiger partial charge in [0.1, 0.15) is 5.76 Å². The summed E-state index contributed by atoms with van der Waals surface area (Å²) in [6.07, 6.45) is 1.09. The van der Waals surface area contributed by atoms with Crippen LogP contribution in [0.3, 0.4) is 0 Å². The number of rotatable bonds is 4. The molecule has 1 aliphatic rings. The Kier molecular flexibility index (Phi) is 7.31. The molecule has 2 heterocycles. The molecule has 1 atom stereocenters. The van der Waals surface area contributed by atoms with E-state index >= 15 is 0 Å². The van der Waals surface area contributed by atoms with Crippen molar-refractivity contribution in [3.8, 4) is 0 Å². The fraction of sp³-hybridized carbons (Fsp3) is 0.474. The number of halogens is 1. The van der Waals surface area contributed by atoms with E-state index < -0.39 is 0 Å². The van der Waals surface area contributed by atoms with Crippen molar-refractivity contribution in [2.24, 2.45) is 4.99 Å². The third kappa shape index (κ3) is 5.12. The largest absolute Gasteiger partial charge is 0.444 e. The molecule has 1 fully saturated rings. The van der Waals surface area contributed by atoms with E-state index in [1.165, 1.54) is 11.3 Å². The van der Waals surface area contributed by atoms with Crippen LogP contribution < -0.4 is 15.5 Å². The molecule has 0 radical (unpaired) electrons. The minimum absolute atomic E-state index is 0. The van der Waals surface area contributed by atoms with E-state index in [1.807, 2.05) is 13.8 Å². The SMILES string of the molecule is CN=C(NCc1nc(C)c(C)o1)NC1CCN(c2ccc(C)cc2)C1.I. The van der Waals surface area contributed by atoms with Gasteiger partial charge in [-0.15, -0.1) is 24.0 Å². The van der Waals surface area contributed by atoms with E-state index in [2.05, 4.69) is 56.7 Å². The minimum atomic E-state index is 0. The first-order valence-electron chi connectivity index (χ1n) is 8.77. The van der Waals surface area contributed by atoms with Crippen molar-refractivity contribution in [3.05, 3.63) is 47.2 Å². The van der Waals surface area contributed by atoms with E-state index in [4.69, 9.17) is 4.42 Å². The van der Waals surface area contributed by atoms with Crippen molar-refractivity contribution in [3.63, 3.8) is 0 Å². The zero-order chi connectivity index (χ0) is 17.8. The summed E-state index contributed by atoms with van der Waals surface area (Å²) >= 11 is 0. The molecule has 1 aromatic carbocycles. The number of nitrogens with zero attached hydrogens (tertiary/aromatic N) is 3. The zero-order valence-corrected chi connectivity index (χ0v) is 18.2.